The number of aromatic nitrogens is 1. The Labute approximate surface area is 65.4 Å². The van der Waals surface area contributed by atoms with Crippen LogP contribution in [0.15, 0.2) is 10.8 Å². The molecule has 11 heavy (non-hydrogen) atoms. The fraction of sp³-hybridized carbons (Fsp3) is 0.500. The van der Waals surface area contributed by atoms with Gasteiger partial charge < -0.3 is 4.42 Å². The molecular weight excluding hydrogens is 142 g/mol. The molecule has 0 bridgehead atoms. The summed E-state index contributed by atoms with van der Waals surface area (Å²) < 4.78 is 5.08. The van der Waals surface area contributed by atoms with Crippen LogP contribution in [0.1, 0.15) is 37.0 Å². The summed E-state index contributed by atoms with van der Waals surface area (Å²) in [7, 11) is 0. The van der Waals surface area contributed by atoms with E-state index in [1.54, 1.807) is 0 Å². The summed E-state index contributed by atoms with van der Waals surface area (Å²) in [6.45, 7) is 5.92. The molecule has 0 N–H and O–H groups in total. The van der Waals surface area contributed by atoms with Crippen molar-refractivity contribution in [3.63, 3.8) is 0 Å². The first kappa shape index (κ1) is 7.98. The highest BCUT2D eigenvalue weighted by Gasteiger charge is 2.22. The van der Waals surface area contributed by atoms with E-state index in [1.807, 2.05) is 20.8 Å². The van der Waals surface area contributed by atoms with Gasteiger partial charge in [0.15, 0.2) is 12.7 Å². The van der Waals surface area contributed by atoms with Crippen LogP contribution in [-0.2, 0) is 5.41 Å². The molecule has 0 fully saturated rings. The topological polar surface area (TPSA) is 43.1 Å². The first-order chi connectivity index (χ1) is 5.05. The number of rotatable bonds is 1. The molecule has 3 heteroatoms. The summed E-state index contributed by atoms with van der Waals surface area (Å²) in [5.41, 5.74) is 0.254. The molecule has 0 spiro atoms. The molecule has 0 aliphatic carbocycles. The second-order valence-electron chi connectivity index (χ2n) is 3.43. The SMILES string of the molecule is CC(C)(C)c1ocnc1C=O. The lowest BCUT2D eigenvalue weighted by Crippen LogP contribution is -2.12. The Morgan fingerprint density at radius 3 is 2.55 bits per heavy atom. The first-order valence-corrected chi connectivity index (χ1v) is 3.45. The predicted molar refractivity (Wildman–Crippen MR) is 40.6 cm³/mol. The average molecular weight is 153 g/mol. The normalized spacial score (nSPS) is 11.5. The van der Waals surface area contributed by atoms with Crippen molar-refractivity contribution >= 4 is 6.29 Å². The van der Waals surface area contributed by atoms with Gasteiger partial charge in [0.25, 0.3) is 0 Å². The van der Waals surface area contributed by atoms with E-state index >= 15 is 0 Å². The third kappa shape index (κ3) is 1.48. The van der Waals surface area contributed by atoms with Crippen LogP contribution in [0, 0.1) is 0 Å². The minimum Gasteiger partial charge on any atom is -0.447 e. The molecule has 1 aromatic rings. The molecule has 1 rings (SSSR count). The van der Waals surface area contributed by atoms with E-state index in [9.17, 15) is 4.79 Å². The van der Waals surface area contributed by atoms with E-state index in [-0.39, 0.29) is 5.41 Å². The molecule has 0 aromatic carbocycles. The zero-order valence-corrected chi connectivity index (χ0v) is 6.92. The minimum atomic E-state index is -0.146. The van der Waals surface area contributed by atoms with Crippen LogP contribution in [0.25, 0.3) is 0 Å². The lowest BCUT2D eigenvalue weighted by molar-refractivity contribution is 0.111. The van der Waals surface area contributed by atoms with Crippen molar-refractivity contribution in [2.45, 2.75) is 26.2 Å². The molecule has 1 aromatic heterocycles. The number of hydrogen-bond acceptors (Lipinski definition) is 3. The predicted octanol–water partition coefficient (Wildman–Crippen LogP) is 1.78. The minimum absolute atomic E-state index is 0.146. The van der Waals surface area contributed by atoms with Gasteiger partial charge in [0, 0.05) is 5.41 Å². The second kappa shape index (κ2) is 2.49. The Morgan fingerprint density at radius 1 is 1.55 bits per heavy atom. The van der Waals surface area contributed by atoms with Crippen molar-refractivity contribution in [3.05, 3.63) is 17.8 Å². The highest BCUT2D eigenvalue weighted by atomic mass is 16.3. The van der Waals surface area contributed by atoms with Crippen LogP contribution in [0.2, 0.25) is 0 Å². The maximum atomic E-state index is 10.4. The number of oxazole rings is 1. The zero-order valence-electron chi connectivity index (χ0n) is 6.92. The van der Waals surface area contributed by atoms with Crippen LogP contribution >= 0.6 is 0 Å². The zero-order chi connectivity index (χ0) is 8.48. The van der Waals surface area contributed by atoms with E-state index in [1.165, 1.54) is 6.39 Å². The summed E-state index contributed by atoms with van der Waals surface area (Å²) in [6, 6.07) is 0. The fourth-order valence-electron chi connectivity index (χ4n) is 0.900. The molecule has 0 atom stereocenters. The summed E-state index contributed by atoms with van der Waals surface area (Å²) in [6.07, 6.45) is 2.01. The Balaban J connectivity index is 3.12. The number of carbonyl (C=O) groups is 1. The largest absolute Gasteiger partial charge is 0.447 e. The van der Waals surface area contributed by atoms with Crippen molar-refractivity contribution in [1.82, 2.24) is 4.98 Å². The van der Waals surface area contributed by atoms with E-state index in [4.69, 9.17) is 4.42 Å². The third-order valence-corrected chi connectivity index (χ3v) is 1.39. The Bertz CT molecular complexity index is 257. The Kier molecular flexibility index (Phi) is 1.81. The van der Waals surface area contributed by atoms with Crippen LogP contribution in [0.4, 0.5) is 0 Å². The van der Waals surface area contributed by atoms with E-state index in [2.05, 4.69) is 4.98 Å². The van der Waals surface area contributed by atoms with Crippen molar-refractivity contribution in [1.29, 1.82) is 0 Å². The lowest BCUT2D eigenvalue weighted by Gasteiger charge is -2.13. The maximum Gasteiger partial charge on any atom is 0.181 e. The molecule has 1 heterocycles. The Morgan fingerprint density at radius 2 is 2.18 bits per heavy atom. The van der Waals surface area contributed by atoms with Gasteiger partial charge in [-0.3, -0.25) is 4.79 Å². The molecule has 60 valence electrons. The number of aldehydes is 1. The summed E-state index contributed by atoms with van der Waals surface area (Å²) in [4.78, 5) is 14.2. The molecule has 0 aliphatic heterocycles. The average Bonchev–Trinajstić information content (AvgIpc) is 2.31. The lowest BCUT2D eigenvalue weighted by atomic mass is 9.92. The van der Waals surface area contributed by atoms with Crippen molar-refractivity contribution < 1.29 is 9.21 Å². The summed E-state index contributed by atoms with van der Waals surface area (Å²) in [5, 5.41) is 0. The highest BCUT2D eigenvalue weighted by Crippen LogP contribution is 2.23. The number of hydrogen-bond donors (Lipinski definition) is 0. The highest BCUT2D eigenvalue weighted by molar-refractivity contribution is 5.73. The van der Waals surface area contributed by atoms with Crippen molar-refractivity contribution in [2.75, 3.05) is 0 Å². The molecule has 0 saturated carbocycles. The first-order valence-electron chi connectivity index (χ1n) is 3.45. The van der Waals surface area contributed by atoms with Crippen LogP contribution in [0.5, 0.6) is 0 Å². The quantitative estimate of drug-likeness (QED) is 0.577. The van der Waals surface area contributed by atoms with E-state index < -0.39 is 0 Å². The Hall–Kier alpha value is -1.12. The van der Waals surface area contributed by atoms with Crippen LogP contribution in [-0.4, -0.2) is 11.3 Å². The van der Waals surface area contributed by atoms with Crippen LogP contribution < -0.4 is 0 Å². The molecule has 0 amide bonds. The molecule has 0 aliphatic rings. The van der Waals surface area contributed by atoms with E-state index in [0.29, 0.717) is 17.7 Å². The number of carbonyl (C=O) groups excluding carboxylic acids is 1. The van der Waals surface area contributed by atoms with Gasteiger partial charge >= 0.3 is 0 Å². The fourth-order valence-corrected chi connectivity index (χ4v) is 0.900. The molecular formula is C8H11NO2. The van der Waals surface area contributed by atoms with Gasteiger partial charge in [-0.2, -0.15) is 0 Å². The van der Waals surface area contributed by atoms with Gasteiger partial charge in [0.2, 0.25) is 0 Å². The van der Waals surface area contributed by atoms with E-state index in [0.717, 1.165) is 0 Å². The van der Waals surface area contributed by atoms with Gasteiger partial charge in [-0.1, -0.05) is 20.8 Å². The molecule has 0 unspecified atom stereocenters. The molecule has 0 saturated heterocycles. The van der Waals surface area contributed by atoms with Crippen molar-refractivity contribution in [2.24, 2.45) is 0 Å². The van der Waals surface area contributed by atoms with Gasteiger partial charge in [-0.25, -0.2) is 4.98 Å². The number of nitrogens with zero attached hydrogens (tertiary/aromatic N) is 1. The van der Waals surface area contributed by atoms with Crippen LogP contribution in [0.3, 0.4) is 0 Å². The molecule has 0 radical (unpaired) electrons. The smallest absolute Gasteiger partial charge is 0.181 e. The second-order valence-corrected chi connectivity index (χ2v) is 3.43. The summed E-state index contributed by atoms with van der Waals surface area (Å²) in [5.74, 6) is 0.646. The summed E-state index contributed by atoms with van der Waals surface area (Å²) >= 11 is 0. The van der Waals surface area contributed by atoms with Gasteiger partial charge in [-0.05, 0) is 0 Å². The van der Waals surface area contributed by atoms with Gasteiger partial charge in [0.05, 0.1) is 0 Å². The maximum absolute atomic E-state index is 10.4. The van der Waals surface area contributed by atoms with Gasteiger partial charge in [0.1, 0.15) is 11.5 Å². The third-order valence-electron chi connectivity index (χ3n) is 1.39. The van der Waals surface area contributed by atoms with Gasteiger partial charge in [-0.15, -0.1) is 0 Å². The molecule has 3 nitrogen and oxygen atoms in total. The van der Waals surface area contributed by atoms with Crippen molar-refractivity contribution in [3.8, 4) is 0 Å². The standard InChI is InChI=1S/C8H11NO2/c1-8(2,3)7-6(4-10)9-5-11-7/h4-5H,1-3H3. The monoisotopic (exact) mass is 153 g/mol.